The summed E-state index contributed by atoms with van der Waals surface area (Å²) < 4.78 is 8.12. The van der Waals surface area contributed by atoms with E-state index in [0.717, 1.165) is 23.5 Å². The van der Waals surface area contributed by atoms with Crippen molar-refractivity contribution in [2.75, 3.05) is 0 Å². The van der Waals surface area contributed by atoms with Crippen LogP contribution in [-0.2, 0) is 6.54 Å². The number of para-hydroxylation sites is 1. The standard InChI is InChI=1S/C18H18N2O/c1-3-4-9-20-16-8-6-5-7-13(16)14-10-15-18(11-17(14)20)21-12(2)19-15/h5-8,10-11H,3-4,9H2,1-2H3. The Labute approximate surface area is 123 Å². The molecule has 0 fully saturated rings. The van der Waals surface area contributed by atoms with Crippen molar-refractivity contribution in [2.45, 2.75) is 33.2 Å². The zero-order valence-electron chi connectivity index (χ0n) is 12.4. The van der Waals surface area contributed by atoms with Crippen molar-refractivity contribution >= 4 is 32.9 Å². The lowest BCUT2D eigenvalue weighted by Gasteiger charge is -2.05. The Hall–Kier alpha value is -2.29. The van der Waals surface area contributed by atoms with Crippen LogP contribution in [0.5, 0.6) is 0 Å². The average Bonchev–Trinajstić information content (AvgIpc) is 2.99. The summed E-state index contributed by atoms with van der Waals surface area (Å²) in [7, 11) is 0. The molecule has 0 saturated carbocycles. The van der Waals surface area contributed by atoms with Gasteiger partial charge in [-0.05, 0) is 18.6 Å². The van der Waals surface area contributed by atoms with Gasteiger partial charge in [-0.25, -0.2) is 4.98 Å². The number of benzene rings is 2. The number of aromatic nitrogens is 2. The summed E-state index contributed by atoms with van der Waals surface area (Å²) in [5, 5.41) is 2.56. The molecule has 2 aromatic heterocycles. The Bertz CT molecular complexity index is 946. The molecule has 0 atom stereocenters. The lowest BCUT2D eigenvalue weighted by Crippen LogP contribution is -1.96. The van der Waals surface area contributed by atoms with E-state index in [9.17, 15) is 0 Å². The number of oxazole rings is 1. The van der Waals surface area contributed by atoms with E-state index in [0.29, 0.717) is 0 Å². The zero-order chi connectivity index (χ0) is 14.4. The number of nitrogens with zero attached hydrogens (tertiary/aromatic N) is 2. The van der Waals surface area contributed by atoms with Crippen molar-refractivity contribution in [3.63, 3.8) is 0 Å². The second-order valence-corrected chi connectivity index (χ2v) is 5.59. The van der Waals surface area contributed by atoms with Gasteiger partial charge in [-0.2, -0.15) is 0 Å². The van der Waals surface area contributed by atoms with Crippen molar-refractivity contribution in [2.24, 2.45) is 0 Å². The number of aryl methyl sites for hydroxylation is 2. The van der Waals surface area contributed by atoms with Gasteiger partial charge in [0.1, 0.15) is 5.52 Å². The smallest absolute Gasteiger partial charge is 0.192 e. The third-order valence-electron chi connectivity index (χ3n) is 4.12. The van der Waals surface area contributed by atoms with Gasteiger partial charge in [-0.3, -0.25) is 0 Å². The van der Waals surface area contributed by atoms with Crippen molar-refractivity contribution < 1.29 is 4.42 Å². The first-order valence-electron chi connectivity index (χ1n) is 7.56. The molecule has 0 aliphatic rings. The number of fused-ring (bicyclic) bond motifs is 4. The highest BCUT2D eigenvalue weighted by Crippen LogP contribution is 2.32. The predicted molar refractivity (Wildman–Crippen MR) is 86.7 cm³/mol. The first-order chi connectivity index (χ1) is 10.3. The maximum atomic E-state index is 5.71. The molecular weight excluding hydrogens is 260 g/mol. The molecule has 0 radical (unpaired) electrons. The van der Waals surface area contributed by atoms with Crippen LogP contribution in [0.3, 0.4) is 0 Å². The minimum atomic E-state index is 0.724. The molecule has 4 rings (SSSR count). The molecule has 106 valence electrons. The molecule has 0 aliphatic heterocycles. The molecule has 2 heterocycles. The summed E-state index contributed by atoms with van der Waals surface area (Å²) in [6.07, 6.45) is 2.37. The Morgan fingerprint density at radius 1 is 1.10 bits per heavy atom. The fraction of sp³-hybridized carbons (Fsp3) is 0.278. The molecule has 21 heavy (non-hydrogen) atoms. The maximum absolute atomic E-state index is 5.71. The normalized spacial score (nSPS) is 11.9. The van der Waals surface area contributed by atoms with Crippen molar-refractivity contribution in [3.05, 3.63) is 42.3 Å². The molecule has 0 bridgehead atoms. The summed E-state index contributed by atoms with van der Waals surface area (Å²) in [5.74, 6) is 0.724. The van der Waals surface area contributed by atoms with E-state index in [1.807, 2.05) is 6.92 Å². The molecular formula is C18H18N2O. The molecule has 2 aromatic carbocycles. The van der Waals surface area contributed by atoms with Crippen LogP contribution >= 0.6 is 0 Å². The zero-order valence-corrected chi connectivity index (χ0v) is 12.4. The first-order valence-corrected chi connectivity index (χ1v) is 7.56. The topological polar surface area (TPSA) is 31.0 Å². The summed E-state index contributed by atoms with van der Waals surface area (Å²) >= 11 is 0. The van der Waals surface area contributed by atoms with E-state index in [-0.39, 0.29) is 0 Å². The Kier molecular flexibility index (Phi) is 2.74. The Balaban J connectivity index is 2.11. The van der Waals surface area contributed by atoms with Gasteiger partial charge in [-0.15, -0.1) is 0 Å². The number of unbranched alkanes of at least 4 members (excludes halogenated alkanes) is 1. The molecule has 0 saturated heterocycles. The molecule has 0 N–H and O–H groups in total. The molecule has 4 aromatic rings. The van der Waals surface area contributed by atoms with Crippen LogP contribution in [0.15, 0.2) is 40.8 Å². The van der Waals surface area contributed by atoms with Crippen LogP contribution in [0.25, 0.3) is 32.9 Å². The van der Waals surface area contributed by atoms with E-state index in [1.54, 1.807) is 0 Å². The summed E-state index contributed by atoms with van der Waals surface area (Å²) in [6, 6.07) is 12.9. The van der Waals surface area contributed by atoms with Crippen LogP contribution in [0.1, 0.15) is 25.7 Å². The molecule has 0 spiro atoms. The van der Waals surface area contributed by atoms with E-state index < -0.39 is 0 Å². The number of rotatable bonds is 3. The molecule has 0 amide bonds. The summed E-state index contributed by atoms with van der Waals surface area (Å²) in [6.45, 7) is 5.17. The van der Waals surface area contributed by atoms with E-state index in [2.05, 4.69) is 52.9 Å². The van der Waals surface area contributed by atoms with Gasteiger partial charge >= 0.3 is 0 Å². The third kappa shape index (κ3) is 1.84. The highest BCUT2D eigenvalue weighted by molar-refractivity contribution is 6.11. The number of hydrogen-bond acceptors (Lipinski definition) is 2. The van der Waals surface area contributed by atoms with Gasteiger partial charge in [0.15, 0.2) is 11.5 Å². The van der Waals surface area contributed by atoms with Gasteiger partial charge in [-0.1, -0.05) is 31.5 Å². The monoisotopic (exact) mass is 278 g/mol. The minimum Gasteiger partial charge on any atom is -0.441 e. The van der Waals surface area contributed by atoms with Gasteiger partial charge in [0, 0.05) is 35.8 Å². The van der Waals surface area contributed by atoms with Crippen LogP contribution in [0, 0.1) is 6.92 Å². The molecule has 0 unspecified atom stereocenters. The maximum Gasteiger partial charge on any atom is 0.192 e. The van der Waals surface area contributed by atoms with Crippen LogP contribution in [0.4, 0.5) is 0 Å². The molecule has 3 nitrogen and oxygen atoms in total. The highest BCUT2D eigenvalue weighted by atomic mass is 16.3. The third-order valence-corrected chi connectivity index (χ3v) is 4.12. The highest BCUT2D eigenvalue weighted by Gasteiger charge is 2.13. The lowest BCUT2D eigenvalue weighted by atomic mass is 10.1. The van der Waals surface area contributed by atoms with E-state index in [4.69, 9.17) is 4.42 Å². The largest absolute Gasteiger partial charge is 0.441 e. The first kappa shape index (κ1) is 12.5. The van der Waals surface area contributed by atoms with E-state index in [1.165, 1.54) is 34.6 Å². The van der Waals surface area contributed by atoms with Crippen LogP contribution in [-0.4, -0.2) is 9.55 Å². The van der Waals surface area contributed by atoms with Crippen LogP contribution < -0.4 is 0 Å². The summed E-state index contributed by atoms with van der Waals surface area (Å²) in [5.41, 5.74) is 4.36. The van der Waals surface area contributed by atoms with Crippen molar-refractivity contribution in [1.29, 1.82) is 0 Å². The second kappa shape index (κ2) is 4.62. The van der Waals surface area contributed by atoms with E-state index >= 15 is 0 Å². The minimum absolute atomic E-state index is 0.724. The summed E-state index contributed by atoms with van der Waals surface area (Å²) in [4.78, 5) is 4.47. The lowest BCUT2D eigenvalue weighted by molar-refractivity contribution is 0.561. The predicted octanol–water partition coefficient (Wildman–Crippen LogP) is 5.04. The fourth-order valence-corrected chi connectivity index (χ4v) is 3.14. The SMILES string of the molecule is CCCCn1c2ccccc2c2cc3nc(C)oc3cc21. The average molecular weight is 278 g/mol. The Morgan fingerprint density at radius 2 is 1.95 bits per heavy atom. The van der Waals surface area contributed by atoms with Gasteiger partial charge in [0.25, 0.3) is 0 Å². The van der Waals surface area contributed by atoms with Crippen molar-refractivity contribution in [3.8, 4) is 0 Å². The fourth-order valence-electron chi connectivity index (χ4n) is 3.14. The van der Waals surface area contributed by atoms with Crippen LogP contribution in [0.2, 0.25) is 0 Å². The quantitative estimate of drug-likeness (QED) is 0.525. The van der Waals surface area contributed by atoms with Gasteiger partial charge < -0.3 is 8.98 Å². The second-order valence-electron chi connectivity index (χ2n) is 5.59. The van der Waals surface area contributed by atoms with Crippen molar-refractivity contribution in [1.82, 2.24) is 9.55 Å². The molecule has 0 aliphatic carbocycles. The Morgan fingerprint density at radius 3 is 2.81 bits per heavy atom. The van der Waals surface area contributed by atoms with Gasteiger partial charge in [0.2, 0.25) is 0 Å². The number of hydrogen-bond donors (Lipinski definition) is 0. The van der Waals surface area contributed by atoms with Gasteiger partial charge in [0.05, 0.1) is 5.52 Å². The molecule has 3 heteroatoms.